The van der Waals surface area contributed by atoms with Crippen molar-refractivity contribution < 1.29 is 26.3 Å². The van der Waals surface area contributed by atoms with Gasteiger partial charge in [-0.15, -0.1) is 5.10 Å². The minimum absolute atomic E-state index is 0.0360. The third-order valence-corrected chi connectivity index (χ3v) is 4.79. The summed E-state index contributed by atoms with van der Waals surface area (Å²) in [6.45, 7) is 2.88. The van der Waals surface area contributed by atoms with Crippen LogP contribution in [-0.4, -0.2) is 40.9 Å². The predicted molar refractivity (Wildman–Crippen MR) is 82.0 cm³/mol. The van der Waals surface area contributed by atoms with Crippen LogP contribution < -0.4 is 9.57 Å². The zero-order valence-electron chi connectivity index (χ0n) is 14.0. The van der Waals surface area contributed by atoms with Gasteiger partial charge in [-0.1, -0.05) is 0 Å². The van der Waals surface area contributed by atoms with Crippen LogP contribution in [0.5, 0.6) is 5.88 Å². The lowest BCUT2D eigenvalue weighted by Gasteiger charge is -2.26. The molecule has 2 aromatic rings. The second-order valence-electron chi connectivity index (χ2n) is 6.12. The van der Waals surface area contributed by atoms with Crippen molar-refractivity contribution in [3.05, 3.63) is 24.2 Å². The standard InChI is InChI=1S/C13H18F3N5O3S/c1-9-10(7-20(4)17-9)25(22,23)19-21-6-5-11(18-21)24-8-12(2,3)13(14,15)16/h5-7,19H,8H2,1-4H3. The molecule has 0 aliphatic rings. The maximum Gasteiger partial charge on any atom is 0.397 e. The lowest BCUT2D eigenvalue weighted by Crippen LogP contribution is -2.37. The van der Waals surface area contributed by atoms with Crippen LogP contribution in [-0.2, 0) is 17.1 Å². The topological polar surface area (TPSA) is 91.0 Å². The fourth-order valence-corrected chi connectivity index (χ4v) is 2.95. The Hall–Kier alpha value is -2.24. The monoisotopic (exact) mass is 381 g/mol. The number of aromatic nitrogens is 4. The molecule has 0 radical (unpaired) electrons. The summed E-state index contributed by atoms with van der Waals surface area (Å²) >= 11 is 0. The maximum absolute atomic E-state index is 12.8. The molecule has 0 atom stereocenters. The molecule has 2 heterocycles. The van der Waals surface area contributed by atoms with Crippen LogP contribution >= 0.6 is 0 Å². The summed E-state index contributed by atoms with van der Waals surface area (Å²) in [7, 11) is -2.37. The Morgan fingerprint density at radius 2 is 1.92 bits per heavy atom. The second kappa shape index (κ2) is 6.24. The summed E-state index contributed by atoms with van der Waals surface area (Å²) in [5.74, 6) is -0.136. The zero-order chi connectivity index (χ0) is 19.0. The van der Waals surface area contributed by atoms with E-state index in [2.05, 4.69) is 15.0 Å². The first-order valence-corrected chi connectivity index (χ1v) is 8.58. The number of hydrogen-bond donors (Lipinski definition) is 1. The van der Waals surface area contributed by atoms with E-state index >= 15 is 0 Å². The third-order valence-electron chi connectivity index (χ3n) is 3.38. The Morgan fingerprint density at radius 1 is 1.28 bits per heavy atom. The Balaban J connectivity index is 2.08. The fraction of sp³-hybridized carbons (Fsp3) is 0.538. The molecule has 0 unspecified atom stereocenters. The summed E-state index contributed by atoms with van der Waals surface area (Å²) in [5.41, 5.74) is -1.77. The highest BCUT2D eigenvalue weighted by atomic mass is 32.2. The van der Waals surface area contributed by atoms with Crippen molar-refractivity contribution in [3.8, 4) is 5.88 Å². The Labute approximate surface area is 142 Å². The van der Waals surface area contributed by atoms with Gasteiger partial charge in [-0.3, -0.25) is 4.68 Å². The molecule has 0 aliphatic carbocycles. The van der Waals surface area contributed by atoms with E-state index in [1.165, 1.54) is 30.1 Å². The number of ether oxygens (including phenoxy) is 1. The lowest BCUT2D eigenvalue weighted by atomic mass is 9.94. The fourth-order valence-electron chi connectivity index (χ4n) is 1.79. The minimum Gasteiger partial charge on any atom is -0.476 e. The molecule has 12 heteroatoms. The molecular weight excluding hydrogens is 363 g/mol. The summed E-state index contributed by atoms with van der Waals surface area (Å²) < 4.78 is 69.3. The summed E-state index contributed by atoms with van der Waals surface area (Å²) in [6.07, 6.45) is -1.89. The first kappa shape index (κ1) is 19.1. The van der Waals surface area contributed by atoms with Gasteiger partial charge in [0.05, 0.1) is 17.3 Å². The van der Waals surface area contributed by atoms with E-state index in [0.29, 0.717) is 5.69 Å². The van der Waals surface area contributed by atoms with Gasteiger partial charge in [0.25, 0.3) is 10.0 Å². The van der Waals surface area contributed by atoms with Crippen LogP contribution in [0.4, 0.5) is 13.2 Å². The Morgan fingerprint density at radius 3 is 2.44 bits per heavy atom. The Kier molecular flexibility index (Phi) is 4.77. The number of sulfonamides is 1. The molecule has 0 fully saturated rings. The lowest BCUT2D eigenvalue weighted by molar-refractivity contribution is -0.219. The van der Waals surface area contributed by atoms with Gasteiger partial charge in [0.1, 0.15) is 11.5 Å². The normalized spacial score (nSPS) is 13.1. The number of halogens is 3. The summed E-state index contributed by atoms with van der Waals surface area (Å²) in [6, 6.07) is 1.26. The van der Waals surface area contributed by atoms with E-state index in [-0.39, 0.29) is 10.8 Å². The van der Waals surface area contributed by atoms with Gasteiger partial charge in [0.15, 0.2) is 0 Å². The van der Waals surface area contributed by atoms with E-state index in [0.717, 1.165) is 18.6 Å². The van der Waals surface area contributed by atoms with Gasteiger partial charge in [-0.25, -0.2) is 0 Å². The number of rotatable bonds is 6. The van der Waals surface area contributed by atoms with Crippen molar-refractivity contribution in [2.24, 2.45) is 12.5 Å². The van der Waals surface area contributed by atoms with Crippen molar-refractivity contribution >= 4 is 10.0 Å². The zero-order valence-corrected chi connectivity index (χ0v) is 14.8. The highest BCUT2D eigenvalue weighted by molar-refractivity contribution is 7.92. The SMILES string of the molecule is Cc1nn(C)cc1S(=O)(=O)Nn1ccc(OCC(C)(C)C(F)(F)F)n1. The smallest absolute Gasteiger partial charge is 0.397 e. The minimum atomic E-state index is -4.44. The van der Waals surface area contributed by atoms with Gasteiger partial charge in [0, 0.05) is 19.3 Å². The molecule has 0 aromatic carbocycles. The van der Waals surface area contributed by atoms with Crippen molar-refractivity contribution in [3.63, 3.8) is 0 Å². The molecule has 0 saturated heterocycles. The molecule has 2 rings (SSSR count). The third kappa shape index (κ3) is 4.24. The van der Waals surface area contributed by atoms with E-state index in [9.17, 15) is 21.6 Å². The largest absolute Gasteiger partial charge is 0.476 e. The van der Waals surface area contributed by atoms with Crippen molar-refractivity contribution in [1.29, 1.82) is 0 Å². The molecule has 1 N–H and O–H groups in total. The average Bonchev–Trinajstić information content (AvgIpc) is 3.01. The Bertz CT molecular complexity index is 855. The second-order valence-corrected chi connectivity index (χ2v) is 7.75. The number of hydrogen-bond acceptors (Lipinski definition) is 5. The van der Waals surface area contributed by atoms with Crippen molar-refractivity contribution in [1.82, 2.24) is 19.7 Å². The molecule has 0 aliphatic heterocycles. The molecule has 0 amide bonds. The maximum atomic E-state index is 12.8. The van der Waals surface area contributed by atoms with Gasteiger partial charge >= 0.3 is 6.18 Å². The molecule has 0 saturated carbocycles. The predicted octanol–water partition coefficient (Wildman–Crippen LogP) is 1.82. The van der Waals surface area contributed by atoms with E-state index in [1.54, 1.807) is 7.05 Å². The van der Waals surface area contributed by atoms with Gasteiger partial charge in [-0.05, 0) is 20.8 Å². The van der Waals surface area contributed by atoms with Crippen molar-refractivity contribution in [2.75, 3.05) is 11.4 Å². The molecule has 0 spiro atoms. The molecule has 2 aromatic heterocycles. The number of aryl methyl sites for hydroxylation is 2. The van der Waals surface area contributed by atoms with Gasteiger partial charge in [-0.2, -0.15) is 36.3 Å². The number of nitrogens with one attached hydrogen (secondary N) is 1. The first-order valence-electron chi connectivity index (χ1n) is 7.10. The van der Waals surface area contributed by atoms with Crippen LogP contribution in [0.15, 0.2) is 23.4 Å². The summed E-state index contributed by atoms with van der Waals surface area (Å²) in [4.78, 5) is 2.97. The first-order chi connectivity index (χ1) is 11.3. The molecule has 0 bridgehead atoms. The summed E-state index contributed by atoms with van der Waals surface area (Å²) in [5, 5.41) is 7.69. The highest BCUT2D eigenvalue weighted by Gasteiger charge is 2.48. The quantitative estimate of drug-likeness (QED) is 0.824. The average molecular weight is 381 g/mol. The van der Waals surface area contributed by atoms with Crippen LogP contribution in [0.1, 0.15) is 19.5 Å². The van der Waals surface area contributed by atoms with Crippen LogP contribution in [0, 0.1) is 12.3 Å². The van der Waals surface area contributed by atoms with Gasteiger partial charge < -0.3 is 4.74 Å². The number of alkyl halides is 3. The van der Waals surface area contributed by atoms with Crippen molar-refractivity contribution in [2.45, 2.75) is 31.8 Å². The molecular formula is C13H18F3N5O3S. The number of nitrogens with zero attached hydrogens (tertiary/aromatic N) is 4. The van der Waals surface area contributed by atoms with Gasteiger partial charge in [0.2, 0.25) is 5.88 Å². The highest BCUT2D eigenvalue weighted by Crippen LogP contribution is 2.37. The molecule has 8 nitrogen and oxygen atoms in total. The van der Waals surface area contributed by atoms with Crippen LogP contribution in [0.2, 0.25) is 0 Å². The van der Waals surface area contributed by atoms with E-state index < -0.39 is 28.2 Å². The molecule has 140 valence electrons. The van der Waals surface area contributed by atoms with E-state index in [1.807, 2.05) is 0 Å². The van der Waals surface area contributed by atoms with E-state index in [4.69, 9.17) is 4.74 Å². The van der Waals surface area contributed by atoms with Crippen LogP contribution in [0.3, 0.4) is 0 Å². The molecule has 25 heavy (non-hydrogen) atoms. The van der Waals surface area contributed by atoms with Crippen LogP contribution in [0.25, 0.3) is 0 Å².